The molecule has 0 aliphatic carbocycles. The second kappa shape index (κ2) is 6.47. The molecule has 4 rings (SSSR count). The van der Waals surface area contributed by atoms with Crippen molar-refractivity contribution in [3.05, 3.63) is 48.5 Å². The fourth-order valence-corrected chi connectivity index (χ4v) is 2.70. The zero-order valence-electron chi connectivity index (χ0n) is 14.3. The molecule has 2 aromatic carbocycles. The lowest BCUT2D eigenvalue weighted by atomic mass is 10.1. The molecular weight excluding hydrogens is 314 g/mol. The van der Waals surface area contributed by atoms with Crippen LogP contribution < -0.4 is 0 Å². The van der Waals surface area contributed by atoms with Gasteiger partial charge in [0.2, 0.25) is 5.82 Å². The molecule has 0 saturated heterocycles. The number of fused-ring (bicyclic) bond motifs is 1. The van der Waals surface area contributed by atoms with Gasteiger partial charge in [-0.05, 0) is 30.5 Å². The highest BCUT2D eigenvalue weighted by Gasteiger charge is 2.13. The van der Waals surface area contributed by atoms with Crippen molar-refractivity contribution in [2.45, 2.75) is 26.8 Å². The minimum absolute atomic E-state index is 0.484. The van der Waals surface area contributed by atoms with Crippen LogP contribution in [-0.2, 0) is 6.54 Å². The van der Waals surface area contributed by atoms with Crippen LogP contribution in [-0.4, -0.2) is 25.1 Å². The van der Waals surface area contributed by atoms with Crippen LogP contribution in [0, 0.1) is 5.92 Å². The summed E-state index contributed by atoms with van der Waals surface area (Å²) in [4.78, 5) is 4.49. The quantitative estimate of drug-likeness (QED) is 0.547. The molecule has 0 amide bonds. The van der Waals surface area contributed by atoms with E-state index in [0.29, 0.717) is 17.6 Å². The highest BCUT2D eigenvalue weighted by Crippen LogP contribution is 2.25. The van der Waals surface area contributed by atoms with Crippen LogP contribution in [0.4, 0.5) is 0 Å². The third kappa shape index (κ3) is 3.15. The monoisotopic (exact) mass is 333 g/mol. The van der Waals surface area contributed by atoms with Crippen LogP contribution >= 0.6 is 0 Å². The average Bonchev–Trinajstić information content (AvgIpc) is 3.27. The Morgan fingerprint density at radius 2 is 1.88 bits per heavy atom. The second-order valence-electron chi connectivity index (χ2n) is 6.49. The molecule has 4 aromatic rings. The van der Waals surface area contributed by atoms with Crippen molar-refractivity contribution < 1.29 is 4.52 Å². The first-order valence-corrected chi connectivity index (χ1v) is 8.43. The van der Waals surface area contributed by atoms with E-state index in [-0.39, 0.29) is 0 Å². The minimum atomic E-state index is 0.484. The van der Waals surface area contributed by atoms with Crippen molar-refractivity contribution >= 4 is 11.0 Å². The van der Waals surface area contributed by atoms with Gasteiger partial charge in [0, 0.05) is 17.7 Å². The van der Waals surface area contributed by atoms with Gasteiger partial charge in [-0.15, -0.1) is 5.10 Å². The molecule has 0 fully saturated rings. The van der Waals surface area contributed by atoms with Gasteiger partial charge in [-0.25, -0.2) is 4.68 Å². The first-order chi connectivity index (χ1) is 12.2. The fourth-order valence-electron chi connectivity index (χ4n) is 2.70. The summed E-state index contributed by atoms with van der Waals surface area (Å²) < 4.78 is 7.37. The van der Waals surface area contributed by atoms with Crippen molar-refractivity contribution in [2.75, 3.05) is 0 Å². The van der Waals surface area contributed by atoms with E-state index in [4.69, 9.17) is 4.52 Å². The van der Waals surface area contributed by atoms with Crippen LogP contribution in [0.15, 0.2) is 53.1 Å². The molecule has 0 N–H and O–H groups in total. The van der Waals surface area contributed by atoms with Crippen LogP contribution in [0.2, 0.25) is 0 Å². The lowest BCUT2D eigenvalue weighted by Gasteiger charge is -2.04. The molecule has 0 aliphatic heterocycles. The Balaban J connectivity index is 1.63. The number of hydrogen-bond acceptors (Lipinski definition) is 5. The van der Waals surface area contributed by atoms with Gasteiger partial charge in [-0.3, -0.25) is 0 Å². The van der Waals surface area contributed by atoms with E-state index in [1.54, 1.807) is 0 Å². The summed E-state index contributed by atoms with van der Waals surface area (Å²) in [5.41, 5.74) is 3.63. The van der Waals surface area contributed by atoms with Gasteiger partial charge in [0.25, 0.3) is 5.89 Å². The van der Waals surface area contributed by atoms with E-state index in [0.717, 1.165) is 35.1 Å². The SMILES string of the molecule is CC(C)CCn1nnc2cc(-c3nc(-c4ccccc4)no3)ccc21. The number of rotatable bonds is 5. The topological polar surface area (TPSA) is 69.6 Å². The lowest BCUT2D eigenvalue weighted by Crippen LogP contribution is -2.03. The molecule has 0 atom stereocenters. The number of hydrogen-bond donors (Lipinski definition) is 0. The van der Waals surface area contributed by atoms with Gasteiger partial charge < -0.3 is 4.52 Å². The molecule has 25 heavy (non-hydrogen) atoms. The summed E-state index contributed by atoms with van der Waals surface area (Å²) in [5, 5.41) is 12.6. The van der Waals surface area contributed by atoms with Crippen molar-refractivity contribution in [3.63, 3.8) is 0 Å². The van der Waals surface area contributed by atoms with E-state index in [2.05, 4.69) is 34.3 Å². The predicted molar refractivity (Wildman–Crippen MR) is 95.7 cm³/mol. The summed E-state index contributed by atoms with van der Waals surface area (Å²) >= 11 is 0. The molecule has 6 heteroatoms. The van der Waals surface area contributed by atoms with Gasteiger partial charge in [0.15, 0.2) is 0 Å². The van der Waals surface area contributed by atoms with E-state index in [1.807, 2.05) is 53.2 Å². The van der Waals surface area contributed by atoms with Gasteiger partial charge in [0.05, 0.1) is 5.52 Å². The zero-order valence-corrected chi connectivity index (χ0v) is 14.3. The van der Waals surface area contributed by atoms with E-state index in [9.17, 15) is 0 Å². The molecule has 2 heterocycles. The van der Waals surface area contributed by atoms with Crippen LogP contribution in [0.25, 0.3) is 33.9 Å². The Bertz CT molecular complexity index is 987. The van der Waals surface area contributed by atoms with E-state index < -0.39 is 0 Å². The Morgan fingerprint density at radius 3 is 2.68 bits per heavy atom. The Kier molecular flexibility index (Phi) is 4.01. The number of nitrogens with zero attached hydrogens (tertiary/aromatic N) is 5. The normalized spacial score (nSPS) is 11.5. The molecule has 0 saturated carbocycles. The van der Waals surface area contributed by atoms with E-state index >= 15 is 0 Å². The summed E-state index contributed by atoms with van der Waals surface area (Å²) in [6, 6.07) is 15.7. The van der Waals surface area contributed by atoms with Gasteiger partial charge in [0.1, 0.15) is 5.52 Å². The summed E-state index contributed by atoms with van der Waals surface area (Å²) in [6.45, 7) is 5.28. The molecule has 0 unspecified atom stereocenters. The highest BCUT2D eigenvalue weighted by molar-refractivity contribution is 5.79. The number of aryl methyl sites for hydroxylation is 1. The van der Waals surface area contributed by atoms with Crippen LogP contribution in [0.1, 0.15) is 20.3 Å². The van der Waals surface area contributed by atoms with Crippen molar-refractivity contribution in [1.82, 2.24) is 25.1 Å². The standard InChI is InChI=1S/C19H19N5O/c1-13(2)10-11-24-17-9-8-15(12-16(17)21-23-24)19-20-18(22-25-19)14-6-4-3-5-7-14/h3-9,12-13H,10-11H2,1-2H3. The number of aromatic nitrogens is 5. The molecule has 0 spiro atoms. The Hall–Kier alpha value is -3.02. The lowest BCUT2D eigenvalue weighted by molar-refractivity contribution is 0.432. The third-order valence-electron chi connectivity index (χ3n) is 4.14. The first kappa shape index (κ1) is 15.5. The summed E-state index contributed by atoms with van der Waals surface area (Å²) in [5.74, 6) is 1.70. The van der Waals surface area contributed by atoms with Gasteiger partial charge >= 0.3 is 0 Å². The summed E-state index contributed by atoms with van der Waals surface area (Å²) in [7, 11) is 0. The second-order valence-corrected chi connectivity index (χ2v) is 6.49. The fraction of sp³-hybridized carbons (Fsp3) is 0.263. The minimum Gasteiger partial charge on any atom is -0.334 e. The van der Waals surface area contributed by atoms with Crippen molar-refractivity contribution in [2.24, 2.45) is 5.92 Å². The molecule has 0 bridgehead atoms. The van der Waals surface area contributed by atoms with Crippen molar-refractivity contribution in [1.29, 1.82) is 0 Å². The maximum absolute atomic E-state index is 5.42. The maximum atomic E-state index is 5.42. The molecular formula is C19H19N5O. The Morgan fingerprint density at radius 1 is 1.04 bits per heavy atom. The predicted octanol–water partition coefficient (Wildman–Crippen LogP) is 4.19. The van der Waals surface area contributed by atoms with Gasteiger partial charge in [-0.2, -0.15) is 4.98 Å². The first-order valence-electron chi connectivity index (χ1n) is 8.43. The van der Waals surface area contributed by atoms with E-state index in [1.165, 1.54) is 0 Å². The molecule has 0 aliphatic rings. The average molecular weight is 333 g/mol. The third-order valence-corrected chi connectivity index (χ3v) is 4.14. The zero-order chi connectivity index (χ0) is 17.2. The van der Waals surface area contributed by atoms with Gasteiger partial charge in [-0.1, -0.05) is 54.5 Å². The largest absolute Gasteiger partial charge is 0.334 e. The van der Waals surface area contributed by atoms with Crippen molar-refractivity contribution in [3.8, 4) is 22.8 Å². The summed E-state index contributed by atoms with van der Waals surface area (Å²) in [6.07, 6.45) is 1.07. The molecule has 0 radical (unpaired) electrons. The maximum Gasteiger partial charge on any atom is 0.258 e. The Labute approximate surface area is 145 Å². The molecule has 126 valence electrons. The number of benzene rings is 2. The highest BCUT2D eigenvalue weighted by atomic mass is 16.5. The smallest absolute Gasteiger partial charge is 0.258 e. The van der Waals surface area contributed by atoms with Crippen LogP contribution in [0.3, 0.4) is 0 Å². The molecule has 6 nitrogen and oxygen atoms in total. The van der Waals surface area contributed by atoms with Crippen LogP contribution in [0.5, 0.6) is 0 Å². The molecule has 2 aromatic heterocycles.